The minimum Gasteiger partial charge on any atom is -0.450 e. The first kappa shape index (κ1) is 14.0. The fourth-order valence-corrected chi connectivity index (χ4v) is 1.65. The fraction of sp³-hybridized carbons (Fsp3) is 0.286. The van der Waals surface area contributed by atoms with Gasteiger partial charge in [-0.25, -0.2) is 14.2 Å². The van der Waals surface area contributed by atoms with Crippen molar-refractivity contribution in [3.63, 3.8) is 0 Å². The molecule has 1 atom stereocenters. The molecule has 0 aliphatic carbocycles. The number of amides is 1. The van der Waals surface area contributed by atoms with Crippen LogP contribution in [0, 0.1) is 5.82 Å². The van der Waals surface area contributed by atoms with Crippen LogP contribution in [0.15, 0.2) is 34.9 Å². The second-order valence-corrected chi connectivity index (χ2v) is 4.16. The molecule has 0 saturated carbocycles. The first-order valence-electron chi connectivity index (χ1n) is 6.25. The smallest absolute Gasteiger partial charge is 0.407 e. The summed E-state index contributed by atoms with van der Waals surface area (Å²) in [4.78, 5) is 15.4. The zero-order valence-corrected chi connectivity index (χ0v) is 11.2. The molecule has 2 aromatic rings. The summed E-state index contributed by atoms with van der Waals surface area (Å²) in [5, 5.41) is 2.59. The second kappa shape index (κ2) is 6.18. The van der Waals surface area contributed by atoms with Gasteiger partial charge in [-0.3, -0.25) is 0 Å². The van der Waals surface area contributed by atoms with Crippen molar-refractivity contribution in [2.75, 3.05) is 6.61 Å². The highest BCUT2D eigenvalue weighted by atomic mass is 19.1. The Morgan fingerprint density at radius 1 is 1.45 bits per heavy atom. The summed E-state index contributed by atoms with van der Waals surface area (Å²) in [6.45, 7) is 3.75. The van der Waals surface area contributed by atoms with Crippen molar-refractivity contribution in [1.82, 2.24) is 10.3 Å². The number of rotatable bonds is 4. The molecule has 1 amide bonds. The lowest BCUT2D eigenvalue weighted by Gasteiger charge is -2.09. The number of alkyl carbamates (subject to hydrolysis) is 1. The highest BCUT2D eigenvalue weighted by Gasteiger charge is 2.16. The Labute approximate surface area is 115 Å². The molecule has 0 spiro atoms. The van der Waals surface area contributed by atoms with Crippen LogP contribution in [0.5, 0.6) is 0 Å². The number of carbonyl (C=O) groups is 1. The Morgan fingerprint density at radius 3 is 2.80 bits per heavy atom. The van der Waals surface area contributed by atoms with Crippen LogP contribution in [0.1, 0.15) is 25.8 Å². The van der Waals surface area contributed by atoms with E-state index in [-0.39, 0.29) is 5.82 Å². The van der Waals surface area contributed by atoms with Crippen LogP contribution in [-0.2, 0) is 4.74 Å². The average Bonchev–Trinajstić information content (AvgIpc) is 2.89. The van der Waals surface area contributed by atoms with Crippen LogP contribution >= 0.6 is 0 Å². The van der Waals surface area contributed by atoms with Crippen LogP contribution in [0.4, 0.5) is 9.18 Å². The number of hydrogen-bond acceptors (Lipinski definition) is 4. The number of ether oxygens (including phenoxy) is 1. The standard InChI is InChI=1S/C14H15FN2O3/c1-3-19-14(18)17-9(2)13-16-8-12(20-13)10-4-6-11(15)7-5-10/h4-9H,3H2,1-2H3,(H,17,18). The largest absolute Gasteiger partial charge is 0.450 e. The van der Waals surface area contributed by atoms with Gasteiger partial charge in [0.1, 0.15) is 11.9 Å². The lowest BCUT2D eigenvalue weighted by molar-refractivity contribution is 0.147. The molecule has 0 aliphatic heterocycles. The molecule has 106 valence electrons. The molecule has 1 N–H and O–H groups in total. The topological polar surface area (TPSA) is 64.4 Å². The van der Waals surface area contributed by atoms with Gasteiger partial charge in [0, 0.05) is 5.56 Å². The number of aromatic nitrogens is 1. The predicted molar refractivity (Wildman–Crippen MR) is 70.5 cm³/mol. The third kappa shape index (κ3) is 3.34. The maximum Gasteiger partial charge on any atom is 0.407 e. The second-order valence-electron chi connectivity index (χ2n) is 4.16. The number of carbonyl (C=O) groups excluding carboxylic acids is 1. The van der Waals surface area contributed by atoms with E-state index in [9.17, 15) is 9.18 Å². The zero-order chi connectivity index (χ0) is 14.5. The first-order chi connectivity index (χ1) is 9.60. The number of nitrogens with zero attached hydrogens (tertiary/aromatic N) is 1. The van der Waals surface area contributed by atoms with E-state index >= 15 is 0 Å². The molecule has 0 aliphatic rings. The zero-order valence-electron chi connectivity index (χ0n) is 11.2. The Balaban J connectivity index is 2.08. The Morgan fingerprint density at radius 2 is 2.15 bits per heavy atom. The van der Waals surface area contributed by atoms with Crippen LogP contribution < -0.4 is 5.32 Å². The molecule has 2 rings (SSSR count). The molecule has 0 saturated heterocycles. The van der Waals surface area contributed by atoms with E-state index in [1.807, 2.05) is 0 Å². The molecule has 0 radical (unpaired) electrons. The van der Waals surface area contributed by atoms with Crippen molar-refractivity contribution in [3.8, 4) is 11.3 Å². The highest BCUT2D eigenvalue weighted by Crippen LogP contribution is 2.23. The Kier molecular flexibility index (Phi) is 4.34. The third-order valence-corrected chi connectivity index (χ3v) is 2.63. The van der Waals surface area contributed by atoms with E-state index in [1.165, 1.54) is 18.3 Å². The van der Waals surface area contributed by atoms with E-state index in [1.54, 1.807) is 26.0 Å². The maximum absolute atomic E-state index is 12.8. The quantitative estimate of drug-likeness (QED) is 0.932. The molecule has 0 fully saturated rings. The number of hydrogen-bond donors (Lipinski definition) is 1. The number of oxazole rings is 1. The molecule has 20 heavy (non-hydrogen) atoms. The minimum atomic E-state index is -0.526. The molecule has 1 unspecified atom stereocenters. The lowest BCUT2D eigenvalue weighted by Crippen LogP contribution is -2.27. The summed E-state index contributed by atoms with van der Waals surface area (Å²) in [6.07, 6.45) is 1.01. The molecule has 0 bridgehead atoms. The van der Waals surface area contributed by atoms with Crippen molar-refractivity contribution < 1.29 is 18.3 Å². The van der Waals surface area contributed by atoms with Crippen LogP contribution in [-0.4, -0.2) is 17.7 Å². The van der Waals surface area contributed by atoms with Crippen molar-refractivity contribution >= 4 is 6.09 Å². The van der Waals surface area contributed by atoms with E-state index in [4.69, 9.17) is 9.15 Å². The van der Waals surface area contributed by atoms with E-state index in [0.29, 0.717) is 23.8 Å². The predicted octanol–water partition coefficient (Wildman–Crippen LogP) is 3.29. The molecule has 1 aromatic carbocycles. The van der Waals surface area contributed by atoms with Crippen molar-refractivity contribution in [2.24, 2.45) is 0 Å². The summed E-state index contributed by atoms with van der Waals surface area (Å²) >= 11 is 0. The summed E-state index contributed by atoms with van der Waals surface area (Å²) in [5.41, 5.74) is 0.716. The first-order valence-corrected chi connectivity index (χ1v) is 6.25. The molecule has 5 nitrogen and oxygen atoms in total. The van der Waals surface area contributed by atoms with Crippen molar-refractivity contribution in [2.45, 2.75) is 19.9 Å². The summed E-state index contributed by atoms with van der Waals surface area (Å²) in [7, 11) is 0. The van der Waals surface area contributed by atoms with Gasteiger partial charge >= 0.3 is 6.09 Å². The minimum absolute atomic E-state index is 0.297. The fourth-order valence-electron chi connectivity index (χ4n) is 1.65. The van der Waals surface area contributed by atoms with Gasteiger partial charge in [-0.05, 0) is 38.1 Å². The average molecular weight is 278 g/mol. The Bertz CT molecular complexity index is 580. The van der Waals surface area contributed by atoms with E-state index < -0.39 is 12.1 Å². The molecular weight excluding hydrogens is 263 g/mol. The summed E-state index contributed by atoms with van der Waals surface area (Å²) in [5.74, 6) is 0.556. The number of nitrogens with one attached hydrogen (secondary N) is 1. The SMILES string of the molecule is CCOC(=O)NC(C)c1ncc(-c2ccc(F)cc2)o1. The van der Waals surface area contributed by atoms with Crippen molar-refractivity contribution in [1.29, 1.82) is 0 Å². The summed E-state index contributed by atoms with van der Waals surface area (Å²) < 4.78 is 23.2. The molecule has 1 aromatic heterocycles. The maximum atomic E-state index is 12.8. The van der Waals surface area contributed by atoms with E-state index in [0.717, 1.165) is 0 Å². The molecular formula is C14H15FN2O3. The van der Waals surface area contributed by atoms with Gasteiger partial charge in [0.2, 0.25) is 5.89 Å². The van der Waals surface area contributed by atoms with Gasteiger partial charge in [0.25, 0.3) is 0 Å². The van der Waals surface area contributed by atoms with Gasteiger partial charge in [-0.15, -0.1) is 0 Å². The number of benzene rings is 1. The van der Waals surface area contributed by atoms with Crippen LogP contribution in [0.3, 0.4) is 0 Å². The normalized spacial score (nSPS) is 11.9. The third-order valence-electron chi connectivity index (χ3n) is 2.63. The van der Waals surface area contributed by atoms with E-state index in [2.05, 4.69) is 10.3 Å². The molecule has 6 heteroatoms. The summed E-state index contributed by atoms with van der Waals surface area (Å²) in [6, 6.07) is 5.48. The van der Waals surface area contributed by atoms with Gasteiger partial charge in [-0.2, -0.15) is 0 Å². The van der Waals surface area contributed by atoms with Gasteiger partial charge in [0.15, 0.2) is 5.76 Å². The Hall–Kier alpha value is -2.37. The van der Waals surface area contributed by atoms with Gasteiger partial charge in [-0.1, -0.05) is 0 Å². The van der Waals surface area contributed by atoms with Crippen LogP contribution in [0.2, 0.25) is 0 Å². The van der Waals surface area contributed by atoms with Crippen molar-refractivity contribution in [3.05, 3.63) is 42.2 Å². The van der Waals surface area contributed by atoms with Crippen LogP contribution in [0.25, 0.3) is 11.3 Å². The number of halogens is 1. The monoisotopic (exact) mass is 278 g/mol. The van der Waals surface area contributed by atoms with Gasteiger partial charge < -0.3 is 14.5 Å². The highest BCUT2D eigenvalue weighted by molar-refractivity contribution is 5.67. The lowest BCUT2D eigenvalue weighted by atomic mass is 10.2. The van der Waals surface area contributed by atoms with Gasteiger partial charge in [0.05, 0.1) is 12.8 Å². The molecule has 1 heterocycles.